The zero-order valence-electron chi connectivity index (χ0n) is 13.7. The van der Waals surface area contributed by atoms with Crippen LogP contribution in [0, 0.1) is 6.92 Å². The Morgan fingerprint density at radius 1 is 1.33 bits per heavy atom. The number of aryl methyl sites for hydroxylation is 1. The van der Waals surface area contributed by atoms with E-state index in [4.69, 9.17) is 4.74 Å². The lowest BCUT2D eigenvalue weighted by molar-refractivity contribution is 0.210. The van der Waals surface area contributed by atoms with Crippen LogP contribution in [-0.4, -0.2) is 26.1 Å². The van der Waals surface area contributed by atoms with Gasteiger partial charge in [0.2, 0.25) is 10.0 Å². The molecule has 1 N–H and O–H groups in total. The second-order valence-corrected chi connectivity index (χ2v) is 8.53. The standard InChI is InChI=1S/C17H22N2O3S2/c1-13-10-16(22-15-4-2-3-5-15)6-7-17(13)24(20,21)19-9-8-14-11-23-12-18-14/h6-7,10-12,15,19H,2-5,8-9H2,1H3. The molecule has 1 aliphatic rings. The van der Waals surface area contributed by atoms with E-state index in [9.17, 15) is 8.42 Å². The van der Waals surface area contributed by atoms with Crippen LogP contribution in [0.4, 0.5) is 0 Å². The van der Waals surface area contributed by atoms with E-state index in [0.29, 0.717) is 23.4 Å². The fraction of sp³-hybridized carbons (Fsp3) is 0.471. The second kappa shape index (κ2) is 7.63. The Balaban J connectivity index is 1.63. The normalized spacial score (nSPS) is 15.7. The van der Waals surface area contributed by atoms with Gasteiger partial charge < -0.3 is 4.74 Å². The Hall–Kier alpha value is -1.44. The van der Waals surface area contributed by atoms with Gasteiger partial charge in [-0.05, 0) is 56.4 Å². The smallest absolute Gasteiger partial charge is 0.240 e. The number of nitrogens with one attached hydrogen (secondary N) is 1. The number of ether oxygens (including phenoxy) is 1. The highest BCUT2D eigenvalue weighted by molar-refractivity contribution is 7.89. The molecule has 5 nitrogen and oxygen atoms in total. The van der Waals surface area contributed by atoms with E-state index in [-0.39, 0.29) is 6.10 Å². The molecule has 0 amide bonds. The fourth-order valence-electron chi connectivity index (χ4n) is 2.95. The molecule has 2 aromatic rings. The summed E-state index contributed by atoms with van der Waals surface area (Å²) in [6.45, 7) is 2.14. The van der Waals surface area contributed by atoms with Crippen LogP contribution in [0.3, 0.4) is 0 Å². The molecule has 130 valence electrons. The van der Waals surface area contributed by atoms with Crippen molar-refractivity contribution in [3.8, 4) is 5.75 Å². The highest BCUT2D eigenvalue weighted by atomic mass is 32.2. The van der Waals surface area contributed by atoms with Crippen LogP contribution in [0.25, 0.3) is 0 Å². The number of rotatable bonds is 7. The minimum absolute atomic E-state index is 0.267. The van der Waals surface area contributed by atoms with Gasteiger partial charge in [0.25, 0.3) is 0 Å². The van der Waals surface area contributed by atoms with E-state index in [2.05, 4.69) is 9.71 Å². The monoisotopic (exact) mass is 366 g/mol. The van der Waals surface area contributed by atoms with Gasteiger partial charge in [0.05, 0.1) is 22.2 Å². The van der Waals surface area contributed by atoms with Crippen LogP contribution in [0.1, 0.15) is 36.9 Å². The van der Waals surface area contributed by atoms with Gasteiger partial charge in [0.15, 0.2) is 0 Å². The van der Waals surface area contributed by atoms with Crippen molar-refractivity contribution < 1.29 is 13.2 Å². The van der Waals surface area contributed by atoms with Gasteiger partial charge >= 0.3 is 0 Å². The van der Waals surface area contributed by atoms with E-state index < -0.39 is 10.0 Å². The summed E-state index contributed by atoms with van der Waals surface area (Å²) in [5.41, 5.74) is 3.35. The second-order valence-electron chi connectivity index (χ2n) is 6.08. The van der Waals surface area contributed by atoms with Gasteiger partial charge in [-0.3, -0.25) is 0 Å². The van der Waals surface area contributed by atoms with Crippen molar-refractivity contribution in [2.75, 3.05) is 6.54 Å². The maximum atomic E-state index is 12.5. The van der Waals surface area contributed by atoms with Crippen LogP contribution in [-0.2, 0) is 16.4 Å². The Labute approximate surface area is 147 Å². The summed E-state index contributed by atoms with van der Waals surface area (Å²) in [5.74, 6) is 0.751. The molecule has 0 bridgehead atoms. The maximum absolute atomic E-state index is 12.5. The molecule has 0 spiro atoms. The van der Waals surface area contributed by atoms with E-state index in [1.807, 2.05) is 11.4 Å². The number of hydrogen-bond donors (Lipinski definition) is 1. The number of thiazole rings is 1. The van der Waals surface area contributed by atoms with E-state index >= 15 is 0 Å². The van der Waals surface area contributed by atoms with Crippen molar-refractivity contribution in [3.05, 3.63) is 40.3 Å². The first-order valence-corrected chi connectivity index (χ1v) is 10.6. The molecular weight excluding hydrogens is 344 g/mol. The summed E-state index contributed by atoms with van der Waals surface area (Å²) in [5, 5.41) is 1.93. The third-order valence-corrected chi connectivity index (χ3v) is 6.45. The van der Waals surface area contributed by atoms with Crippen molar-refractivity contribution in [1.82, 2.24) is 9.71 Å². The minimum Gasteiger partial charge on any atom is -0.490 e. The quantitative estimate of drug-likeness (QED) is 0.816. The fourth-order valence-corrected chi connectivity index (χ4v) is 4.80. The van der Waals surface area contributed by atoms with Gasteiger partial charge in [-0.2, -0.15) is 0 Å². The van der Waals surface area contributed by atoms with Gasteiger partial charge in [-0.1, -0.05) is 0 Å². The maximum Gasteiger partial charge on any atom is 0.240 e. The molecule has 1 heterocycles. The van der Waals surface area contributed by atoms with E-state index in [1.165, 1.54) is 24.2 Å². The molecule has 0 atom stereocenters. The summed E-state index contributed by atoms with van der Waals surface area (Å²) in [6, 6.07) is 5.19. The largest absolute Gasteiger partial charge is 0.490 e. The Morgan fingerprint density at radius 3 is 2.79 bits per heavy atom. The van der Waals surface area contributed by atoms with E-state index in [0.717, 1.165) is 24.3 Å². The number of benzene rings is 1. The first-order chi connectivity index (χ1) is 11.5. The summed E-state index contributed by atoms with van der Waals surface area (Å²) in [6.07, 6.45) is 5.43. The zero-order valence-corrected chi connectivity index (χ0v) is 15.3. The molecule has 1 aromatic carbocycles. The topological polar surface area (TPSA) is 68.3 Å². The van der Waals surface area contributed by atoms with Crippen molar-refractivity contribution in [2.24, 2.45) is 0 Å². The highest BCUT2D eigenvalue weighted by Gasteiger charge is 2.19. The molecule has 0 saturated heterocycles. The van der Waals surface area contributed by atoms with E-state index in [1.54, 1.807) is 24.6 Å². The first-order valence-electron chi connectivity index (χ1n) is 8.18. The highest BCUT2D eigenvalue weighted by Crippen LogP contribution is 2.26. The third kappa shape index (κ3) is 4.34. The Morgan fingerprint density at radius 2 is 2.12 bits per heavy atom. The molecule has 7 heteroatoms. The SMILES string of the molecule is Cc1cc(OC2CCCC2)ccc1S(=O)(=O)NCCc1cscn1. The van der Waals surface area contributed by atoms with Crippen LogP contribution in [0.15, 0.2) is 34.0 Å². The lowest BCUT2D eigenvalue weighted by Crippen LogP contribution is -2.26. The first kappa shape index (κ1) is 17.4. The molecule has 1 aromatic heterocycles. The summed E-state index contributed by atoms with van der Waals surface area (Å²) >= 11 is 1.51. The summed E-state index contributed by atoms with van der Waals surface area (Å²) in [7, 11) is -3.52. The molecule has 1 saturated carbocycles. The number of hydrogen-bond acceptors (Lipinski definition) is 5. The molecule has 0 radical (unpaired) electrons. The molecule has 3 rings (SSSR count). The summed E-state index contributed by atoms with van der Waals surface area (Å²) in [4.78, 5) is 4.46. The Kier molecular flexibility index (Phi) is 5.53. The average Bonchev–Trinajstić information content (AvgIpc) is 3.20. The van der Waals surface area contributed by atoms with Crippen LogP contribution in [0.5, 0.6) is 5.75 Å². The van der Waals surface area contributed by atoms with Gasteiger partial charge in [-0.15, -0.1) is 11.3 Å². The van der Waals surface area contributed by atoms with Crippen molar-refractivity contribution in [1.29, 1.82) is 0 Å². The third-order valence-electron chi connectivity index (χ3n) is 4.20. The zero-order chi connectivity index (χ0) is 17.0. The Bertz CT molecular complexity index is 767. The van der Waals surface area contributed by atoms with Gasteiger partial charge in [0, 0.05) is 18.3 Å². The lowest BCUT2D eigenvalue weighted by Gasteiger charge is -2.15. The molecule has 1 fully saturated rings. The van der Waals surface area contributed by atoms with Crippen LogP contribution in [0.2, 0.25) is 0 Å². The molecule has 24 heavy (non-hydrogen) atoms. The number of nitrogens with zero attached hydrogens (tertiary/aromatic N) is 1. The predicted molar refractivity (Wildman–Crippen MR) is 95.1 cm³/mol. The van der Waals surface area contributed by atoms with Crippen molar-refractivity contribution in [2.45, 2.75) is 50.0 Å². The van der Waals surface area contributed by atoms with Crippen LogP contribution >= 0.6 is 11.3 Å². The molecule has 0 aliphatic heterocycles. The lowest BCUT2D eigenvalue weighted by atomic mass is 10.2. The average molecular weight is 367 g/mol. The molecular formula is C17H22N2O3S2. The minimum atomic E-state index is -3.52. The van der Waals surface area contributed by atoms with Gasteiger partial charge in [-0.25, -0.2) is 18.1 Å². The van der Waals surface area contributed by atoms with Gasteiger partial charge in [0.1, 0.15) is 5.75 Å². The van der Waals surface area contributed by atoms with Crippen molar-refractivity contribution in [3.63, 3.8) is 0 Å². The number of sulfonamides is 1. The molecule has 1 aliphatic carbocycles. The molecule has 0 unspecified atom stereocenters. The number of aromatic nitrogens is 1. The predicted octanol–water partition coefficient (Wildman–Crippen LogP) is 3.29. The van der Waals surface area contributed by atoms with Crippen molar-refractivity contribution >= 4 is 21.4 Å². The summed E-state index contributed by atoms with van der Waals surface area (Å²) < 4.78 is 33.5. The van der Waals surface area contributed by atoms with Crippen LogP contribution < -0.4 is 9.46 Å².